The van der Waals surface area contributed by atoms with E-state index in [9.17, 15) is 0 Å². The fourth-order valence-corrected chi connectivity index (χ4v) is 0.279. The van der Waals surface area contributed by atoms with Crippen LogP contribution < -0.4 is 0 Å². The second-order valence-corrected chi connectivity index (χ2v) is 1.53. The molecule has 0 aromatic carbocycles. The fourth-order valence-electron chi connectivity index (χ4n) is 0.167. The van der Waals surface area contributed by atoms with Gasteiger partial charge in [0, 0.05) is 6.21 Å². The standard InChI is InChI=1S/C4H4ClN3/c5-4(8)3(1-6)2-7/h1,3,6,8H. The van der Waals surface area contributed by atoms with Gasteiger partial charge in [-0.15, -0.1) is 0 Å². The summed E-state index contributed by atoms with van der Waals surface area (Å²) in [4.78, 5) is 0. The number of hydrogen-bond acceptors (Lipinski definition) is 3. The summed E-state index contributed by atoms with van der Waals surface area (Å²) in [5.41, 5.74) is 0. The zero-order valence-corrected chi connectivity index (χ0v) is 4.74. The van der Waals surface area contributed by atoms with Crippen LogP contribution in [0.5, 0.6) is 0 Å². The fraction of sp³-hybridized carbons (Fsp3) is 0.250. The van der Waals surface area contributed by atoms with Gasteiger partial charge in [-0.1, -0.05) is 11.6 Å². The highest BCUT2D eigenvalue weighted by atomic mass is 35.5. The lowest BCUT2D eigenvalue weighted by Crippen LogP contribution is -2.04. The average Bonchev–Trinajstić information content (AvgIpc) is 1.69. The Balaban J connectivity index is 3.95. The minimum absolute atomic E-state index is 0.303. The van der Waals surface area contributed by atoms with Crippen LogP contribution in [0.2, 0.25) is 0 Å². The molecule has 0 spiro atoms. The maximum atomic E-state index is 8.07. The van der Waals surface area contributed by atoms with E-state index >= 15 is 0 Å². The monoisotopic (exact) mass is 129 g/mol. The molecule has 4 heteroatoms. The predicted molar refractivity (Wildman–Crippen MR) is 31.5 cm³/mol. The van der Waals surface area contributed by atoms with Crippen molar-refractivity contribution in [1.29, 1.82) is 16.1 Å². The van der Waals surface area contributed by atoms with Crippen molar-refractivity contribution in [2.45, 2.75) is 0 Å². The van der Waals surface area contributed by atoms with E-state index in [1.54, 1.807) is 6.07 Å². The first-order valence-electron chi connectivity index (χ1n) is 1.86. The van der Waals surface area contributed by atoms with Crippen molar-refractivity contribution >= 4 is 23.0 Å². The smallest absolute Gasteiger partial charge is 0.133 e. The number of nitrogens with zero attached hydrogens (tertiary/aromatic N) is 1. The molecule has 0 amide bonds. The lowest BCUT2D eigenvalue weighted by Gasteiger charge is -1.90. The highest BCUT2D eigenvalue weighted by molar-refractivity contribution is 6.66. The molecule has 0 bridgehead atoms. The highest BCUT2D eigenvalue weighted by Crippen LogP contribution is 1.95. The molecule has 8 heavy (non-hydrogen) atoms. The van der Waals surface area contributed by atoms with E-state index in [0.29, 0.717) is 0 Å². The highest BCUT2D eigenvalue weighted by Gasteiger charge is 2.05. The SMILES string of the molecule is N#CC(C=N)C(=N)Cl. The van der Waals surface area contributed by atoms with Crippen LogP contribution in [0.1, 0.15) is 0 Å². The van der Waals surface area contributed by atoms with Crippen LogP contribution in [0.25, 0.3) is 0 Å². The molecule has 42 valence electrons. The zero-order chi connectivity index (χ0) is 6.57. The third-order valence-electron chi connectivity index (χ3n) is 0.579. The van der Waals surface area contributed by atoms with Crippen molar-refractivity contribution < 1.29 is 0 Å². The minimum atomic E-state index is -0.850. The largest absolute Gasteiger partial charge is 0.311 e. The van der Waals surface area contributed by atoms with Gasteiger partial charge in [-0.05, 0) is 0 Å². The van der Waals surface area contributed by atoms with E-state index in [4.69, 9.17) is 27.7 Å². The number of halogens is 1. The topological polar surface area (TPSA) is 71.5 Å². The van der Waals surface area contributed by atoms with E-state index in [2.05, 4.69) is 0 Å². The Morgan fingerprint density at radius 3 is 2.38 bits per heavy atom. The normalized spacial score (nSPS) is 11.5. The van der Waals surface area contributed by atoms with Gasteiger partial charge in [0.05, 0.1) is 6.07 Å². The predicted octanol–water partition coefficient (Wildman–Crippen LogP) is 0.992. The maximum absolute atomic E-state index is 8.07. The zero-order valence-electron chi connectivity index (χ0n) is 3.98. The van der Waals surface area contributed by atoms with E-state index in [1.807, 2.05) is 0 Å². The van der Waals surface area contributed by atoms with Crippen LogP contribution in [-0.4, -0.2) is 11.4 Å². The lowest BCUT2D eigenvalue weighted by atomic mass is 10.2. The van der Waals surface area contributed by atoms with Crippen molar-refractivity contribution in [1.82, 2.24) is 0 Å². The Morgan fingerprint density at radius 2 is 2.38 bits per heavy atom. The second kappa shape index (κ2) is 3.16. The molecule has 0 aliphatic rings. The summed E-state index contributed by atoms with van der Waals surface area (Å²) in [6, 6.07) is 1.65. The average molecular weight is 130 g/mol. The summed E-state index contributed by atoms with van der Waals surface area (Å²) in [7, 11) is 0. The summed E-state index contributed by atoms with van der Waals surface area (Å²) >= 11 is 5.05. The Morgan fingerprint density at radius 1 is 1.88 bits per heavy atom. The van der Waals surface area contributed by atoms with E-state index in [0.717, 1.165) is 6.21 Å². The molecule has 0 saturated heterocycles. The van der Waals surface area contributed by atoms with Crippen LogP contribution in [0.15, 0.2) is 0 Å². The Hall–Kier alpha value is -0.880. The second-order valence-electron chi connectivity index (χ2n) is 1.12. The van der Waals surface area contributed by atoms with Crippen molar-refractivity contribution in [3.05, 3.63) is 0 Å². The molecule has 0 radical (unpaired) electrons. The molecule has 1 atom stereocenters. The van der Waals surface area contributed by atoms with Gasteiger partial charge in [0.15, 0.2) is 0 Å². The maximum Gasteiger partial charge on any atom is 0.133 e. The van der Waals surface area contributed by atoms with Gasteiger partial charge in [0.25, 0.3) is 0 Å². The van der Waals surface area contributed by atoms with Gasteiger partial charge in [-0.25, -0.2) is 0 Å². The molecule has 0 aliphatic carbocycles. The number of rotatable bonds is 2. The molecule has 0 fully saturated rings. The molecule has 0 rings (SSSR count). The van der Waals surface area contributed by atoms with E-state index < -0.39 is 5.92 Å². The number of nitriles is 1. The first-order valence-corrected chi connectivity index (χ1v) is 2.24. The van der Waals surface area contributed by atoms with Gasteiger partial charge in [0.2, 0.25) is 0 Å². The molecule has 0 aromatic heterocycles. The molecule has 0 saturated carbocycles. The van der Waals surface area contributed by atoms with Gasteiger partial charge in [-0.2, -0.15) is 5.26 Å². The first kappa shape index (κ1) is 7.12. The van der Waals surface area contributed by atoms with Crippen molar-refractivity contribution in [3.8, 4) is 6.07 Å². The summed E-state index contributed by atoms with van der Waals surface area (Å²) in [6.45, 7) is 0. The Kier molecular flexibility index (Phi) is 2.82. The summed E-state index contributed by atoms with van der Waals surface area (Å²) < 4.78 is 0. The van der Waals surface area contributed by atoms with Crippen molar-refractivity contribution in [2.24, 2.45) is 5.92 Å². The van der Waals surface area contributed by atoms with E-state index in [1.165, 1.54) is 0 Å². The third-order valence-corrected chi connectivity index (χ3v) is 0.814. The summed E-state index contributed by atoms with van der Waals surface area (Å²) in [5.74, 6) is -0.850. The molecule has 0 aliphatic heterocycles. The van der Waals surface area contributed by atoms with Gasteiger partial charge in [0.1, 0.15) is 11.1 Å². The third kappa shape index (κ3) is 1.71. The van der Waals surface area contributed by atoms with Gasteiger partial charge in [-0.3, -0.25) is 5.41 Å². The molecular weight excluding hydrogens is 126 g/mol. The molecule has 0 heterocycles. The molecular formula is C4H4ClN3. The number of hydrogen-bond donors (Lipinski definition) is 2. The molecule has 0 aromatic rings. The minimum Gasteiger partial charge on any atom is -0.311 e. The van der Waals surface area contributed by atoms with Crippen molar-refractivity contribution in [2.75, 3.05) is 0 Å². The van der Waals surface area contributed by atoms with Crippen LogP contribution in [-0.2, 0) is 0 Å². The van der Waals surface area contributed by atoms with Crippen LogP contribution in [0.4, 0.5) is 0 Å². The number of nitrogens with one attached hydrogen (secondary N) is 2. The van der Waals surface area contributed by atoms with Crippen LogP contribution >= 0.6 is 11.6 Å². The van der Waals surface area contributed by atoms with Gasteiger partial charge < -0.3 is 5.41 Å². The summed E-state index contributed by atoms with van der Waals surface area (Å²) in [5, 5.41) is 20.9. The van der Waals surface area contributed by atoms with E-state index in [-0.39, 0.29) is 5.17 Å². The first-order chi connectivity index (χ1) is 3.72. The van der Waals surface area contributed by atoms with Crippen molar-refractivity contribution in [3.63, 3.8) is 0 Å². The Bertz CT molecular complexity index is 146. The Labute approximate surface area is 51.9 Å². The van der Waals surface area contributed by atoms with Crippen LogP contribution in [0, 0.1) is 28.1 Å². The quantitative estimate of drug-likeness (QED) is 0.537. The van der Waals surface area contributed by atoms with Gasteiger partial charge >= 0.3 is 0 Å². The molecule has 3 nitrogen and oxygen atoms in total. The lowest BCUT2D eigenvalue weighted by molar-refractivity contribution is 1.22. The molecule has 2 N–H and O–H groups in total. The summed E-state index contributed by atoms with van der Waals surface area (Å²) in [6.07, 6.45) is 0.829. The van der Waals surface area contributed by atoms with Crippen LogP contribution in [0.3, 0.4) is 0 Å². The molecule has 1 unspecified atom stereocenters.